The first-order chi connectivity index (χ1) is 7.81. The molecule has 0 saturated heterocycles. The van der Waals surface area contributed by atoms with Gasteiger partial charge in [-0.2, -0.15) is 8.78 Å². The van der Waals surface area contributed by atoms with Crippen molar-refractivity contribution >= 4 is 21.9 Å². The Hall–Kier alpha value is -1.01. The zero-order valence-corrected chi connectivity index (χ0v) is 10.7. The van der Waals surface area contributed by atoms with Crippen molar-refractivity contribution in [1.82, 2.24) is 0 Å². The van der Waals surface area contributed by atoms with Crippen LogP contribution in [0.3, 0.4) is 0 Å². The molecule has 0 bridgehead atoms. The quantitative estimate of drug-likeness (QED) is 0.684. The SMILES string of the molecule is COC(=O)C(N)(Cc1ccccc1)C(F)(F)Br. The molecule has 0 radical (unpaired) electrons. The van der Waals surface area contributed by atoms with Gasteiger partial charge in [0.05, 0.1) is 7.11 Å². The minimum Gasteiger partial charge on any atom is -0.467 e. The number of hydrogen-bond acceptors (Lipinski definition) is 3. The molecule has 1 atom stereocenters. The molecular weight excluding hydrogens is 296 g/mol. The fourth-order valence-corrected chi connectivity index (χ4v) is 1.69. The molecule has 1 rings (SSSR count). The number of methoxy groups -OCH3 is 1. The van der Waals surface area contributed by atoms with Crippen molar-refractivity contribution in [2.24, 2.45) is 5.73 Å². The highest BCUT2D eigenvalue weighted by atomic mass is 79.9. The summed E-state index contributed by atoms with van der Waals surface area (Å²) < 4.78 is 31.1. The van der Waals surface area contributed by atoms with E-state index in [9.17, 15) is 13.6 Å². The molecule has 6 heteroatoms. The molecule has 0 heterocycles. The first kappa shape index (κ1) is 14.1. The van der Waals surface area contributed by atoms with E-state index in [0.717, 1.165) is 7.11 Å². The second-order valence-corrected chi connectivity index (χ2v) is 4.62. The first-order valence-electron chi connectivity index (χ1n) is 4.79. The van der Waals surface area contributed by atoms with Crippen molar-refractivity contribution in [3.8, 4) is 0 Å². The Morgan fingerprint density at radius 2 is 1.94 bits per heavy atom. The molecule has 1 aromatic rings. The van der Waals surface area contributed by atoms with Crippen LogP contribution in [0.1, 0.15) is 5.56 Å². The number of nitrogens with two attached hydrogens (primary N) is 1. The molecule has 0 amide bonds. The van der Waals surface area contributed by atoms with Crippen LogP contribution in [0.25, 0.3) is 0 Å². The Kier molecular flexibility index (Phi) is 4.21. The summed E-state index contributed by atoms with van der Waals surface area (Å²) in [6.07, 6.45) is -0.321. The zero-order valence-electron chi connectivity index (χ0n) is 9.12. The Morgan fingerprint density at radius 1 is 1.41 bits per heavy atom. The normalized spacial score (nSPS) is 15.1. The van der Waals surface area contributed by atoms with Crippen molar-refractivity contribution in [2.45, 2.75) is 16.8 Å². The zero-order chi connectivity index (χ0) is 13.1. The third kappa shape index (κ3) is 3.01. The molecule has 0 aliphatic rings. The van der Waals surface area contributed by atoms with E-state index in [2.05, 4.69) is 20.7 Å². The molecule has 3 nitrogen and oxygen atoms in total. The van der Waals surface area contributed by atoms with Crippen LogP contribution < -0.4 is 5.73 Å². The van der Waals surface area contributed by atoms with E-state index in [1.807, 2.05) is 0 Å². The van der Waals surface area contributed by atoms with Gasteiger partial charge in [-0.25, -0.2) is 4.79 Å². The summed E-state index contributed by atoms with van der Waals surface area (Å²) in [4.78, 5) is 7.87. The van der Waals surface area contributed by atoms with Gasteiger partial charge in [-0.1, -0.05) is 30.3 Å². The van der Waals surface area contributed by atoms with E-state index >= 15 is 0 Å². The molecule has 0 aliphatic heterocycles. The number of rotatable bonds is 4. The minimum absolute atomic E-state index is 0.321. The summed E-state index contributed by atoms with van der Waals surface area (Å²) in [6.45, 7) is 0. The third-order valence-corrected chi connectivity index (χ3v) is 3.09. The summed E-state index contributed by atoms with van der Waals surface area (Å²) in [6, 6.07) is 8.33. The molecule has 2 N–H and O–H groups in total. The van der Waals surface area contributed by atoms with Gasteiger partial charge >= 0.3 is 10.8 Å². The number of hydrogen-bond donors (Lipinski definition) is 1. The van der Waals surface area contributed by atoms with Gasteiger partial charge in [0.25, 0.3) is 0 Å². The maximum Gasteiger partial charge on any atom is 0.333 e. The van der Waals surface area contributed by atoms with Gasteiger partial charge < -0.3 is 10.5 Å². The molecule has 0 saturated carbocycles. The summed E-state index contributed by atoms with van der Waals surface area (Å²) in [7, 11) is 1.02. The van der Waals surface area contributed by atoms with Crippen molar-refractivity contribution in [1.29, 1.82) is 0 Å². The molecule has 1 unspecified atom stereocenters. The highest BCUT2D eigenvalue weighted by molar-refractivity contribution is 9.10. The lowest BCUT2D eigenvalue weighted by Crippen LogP contribution is -2.60. The summed E-state index contributed by atoms with van der Waals surface area (Å²) in [5.41, 5.74) is 3.59. The molecule has 94 valence electrons. The van der Waals surface area contributed by atoms with Crippen molar-refractivity contribution in [3.05, 3.63) is 35.9 Å². The monoisotopic (exact) mass is 307 g/mol. The van der Waals surface area contributed by atoms with E-state index in [1.165, 1.54) is 0 Å². The van der Waals surface area contributed by atoms with Gasteiger partial charge in [-0.05, 0) is 21.5 Å². The lowest BCUT2D eigenvalue weighted by Gasteiger charge is -2.30. The predicted octanol–water partition coefficient (Wildman–Crippen LogP) is 2.09. The molecule has 0 aliphatic carbocycles. The van der Waals surface area contributed by atoms with Gasteiger partial charge in [0, 0.05) is 6.42 Å². The van der Waals surface area contributed by atoms with E-state index in [4.69, 9.17) is 5.73 Å². The summed E-state index contributed by atoms with van der Waals surface area (Å²) >= 11 is 2.14. The highest BCUT2D eigenvalue weighted by Gasteiger charge is 2.55. The van der Waals surface area contributed by atoms with Gasteiger partial charge in [-0.3, -0.25) is 0 Å². The average Bonchev–Trinajstić information content (AvgIpc) is 2.27. The smallest absolute Gasteiger partial charge is 0.333 e. The van der Waals surface area contributed by atoms with E-state index < -0.39 is 16.3 Å². The van der Waals surface area contributed by atoms with Crippen LogP contribution in [0.5, 0.6) is 0 Å². The lowest BCUT2D eigenvalue weighted by molar-refractivity contribution is -0.155. The number of benzene rings is 1. The van der Waals surface area contributed by atoms with Gasteiger partial charge in [0.2, 0.25) is 0 Å². The first-order valence-corrected chi connectivity index (χ1v) is 5.58. The molecule has 1 aromatic carbocycles. The lowest BCUT2D eigenvalue weighted by atomic mass is 9.92. The second-order valence-electron chi connectivity index (χ2n) is 3.62. The number of carbonyl (C=O) groups is 1. The van der Waals surface area contributed by atoms with Gasteiger partial charge in [0.15, 0.2) is 5.54 Å². The van der Waals surface area contributed by atoms with Crippen LogP contribution in [0.15, 0.2) is 30.3 Å². The van der Waals surface area contributed by atoms with Crippen LogP contribution in [0.4, 0.5) is 8.78 Å². The maximum absolute atomic E-state index is 13.4. The standard InChI is InChI=1S/C11H12BrF2NO2/c1-17-9(16)10(15,11(12,13)14)7-8-5-3-2-4-6-8/h2-6H,7,15H2,1H3. The van der Waals surface area contributed by atoms with Crippen molar-refractivity contribution in [3.63, 3.8) is 0 Å². The number of carbonyl (C=O) groups excluding carboxylic acids is 1. The maximum atomic E-state index is 13.4. The summed E-state index contributed by atoms with van der Waals surface area (Å²) in [5, 5.41) is 0. The number of halogens is 3. The molecule has 0 aromatic heterocycles. The van der Waals surface area contributed by atoms with Gasteiger partial charge in [-0.15, -0.1) is 0 Å². The topological polar surface area (TPSA) is 52.3 Å². The molecule has 0 spiro atoms. The van der Waals surface area contributed by atoms with Crippen molar-refractivity contribution in [2.75, 3.05) is 7.11 Å². The Labute approximate surface area is 106 Å². The fraction of sp³-hybridized carbons (Fsp3) is 0.364. The highest BCUT2D eigenvalue weighted by Crippen LogP contribution is 2.36. The third-order valence-electron chi connectivity index (χ3n) is 2.38. The van der Waals surface area contributed by atoms with Gasteiger partial charge in [0.1, 0.15) is 0 Å². The summed E-state index contributed by atoms with van der Waals surface area (Å²) in [5.74, 6) is -1.16. The molecule has 17 heavy (non-hydrogen) atoms. The van der Waals surface area contributed by atoms with Crippen LogP contribution in [0.2, 0.25) is 0 Å². The van der Waals surface area contributed by atoms with E-state index in [-0.39, 0.29) is 6.42 Å². The Morgan fingerprint density at radius 3 is 2.35 bits per heavy atom. The Bertz CT molecular complexity index is 394. The second kappa shape index (κ2) is 5.10. The van der Waals surface area contributed by atoms with Crippen molar-refractivity contribution < 1.29 is 18.3 Å². The average molecular weight is 308 g/mol. The minimum atomic E-state index is -3.55. The van der Waals surface area contributed by atoms with Crippen LogP contribution in [0, 0.1) is 0 Å². The van der Waals surface area contributed by atoms with Crippen LogP contribution >= 0.6 is 15.9 Å². The number of esters is 1. The van der Waals surface area contributed by atoms with E-state index in [1.54, 1.807) is 30.3 Å². The Balaban J connectivity index is 3.05. The predicted molar refractivity (Wildman–Crippen MR) is 63.0 cm³/mol. The fourth-order valence-electron chi connectivity index (χ4n) is 1.39. The number of alkyl halides is 3. The molecular formula is C11H12BrF2NO2. The number of ether oxygens (including phenoxy) is 1. The van der Waals surface area contributed by atoms with Crippen LogP contribution in [-0.2, 0) is 16.0 Å². The van der Waals surface area contributed by atoms with Crippen LogP contribution in [-0.4, -0.2) is 23.4 Å². The van der Waals surface area contributed by atoms with E-state index in [0.29, 0.717) is 5.56 Å². The molecule has 0 fully saturated rings. The largest absolute Gasteiger partial charge is 0.467 e.